The molecule has 1 atom stereocenters. The van der Waals surface area contributed by atoms with Crippen molar-refractivity contribution in [1.29, 1.82) is 0 Å². The van der Waals surface area contributed by atoms with Crippen LogP contribution in [0.4, 0.5) is 5.69 Å². The highest BCUT2D eigenvalue weighted by Crippen LogP contribution is 2.12. The molecule has 0 bridgehead atoms. The molecule has 1 aliphatic rings. The van der Waals surface area contributed by atoms with Crippen LogP contribution in [0.25, 0.3) is 0 Å². The van der Waals surface area contributed by atoms with Gasteiger partial charge in [0, 0.05) is 25.2 Å². The van der Waals surface area contributed by atoms with Gasteiger partial charge in [-0.15, -0.1) is 0 Å². The molecule has 2 amide bonds. The number of amides is 2. The molecule has 1 unspecified atom stereocenters. The lowest BCUT2D eigenvalue weighted by atomic mass is 10.1. The van der Waals surface area contributed by atoms with Gasteiger partial charge < -0.3 is 20.7 Å². The van der Waals surface area contributed by atoms with Gasteiger partial charge in [-0.05, 0) is 23.6 Å². The molecular weight excluding hydrogens is 294 g/mol. The average molecular weight is 319 g/mol. The summed E-state index contributed by atoms with van der Waals surface area (Å²) in [6.07, 6.45) is 0.494. The number of nitrogens with one attached hydrogen (secondary N) is 3. The molecule has 0 radical (unpaired) electrons. The summed E-state index contributed by atoms with van der Waals surface area (Å²) in [4.78, 5) is 23.8. The van der Waals surface area contributed by atoms with Crippen molar-refractivity contribution in [2.45, 2.75) is 32.9 Å². The number of hydrogen-bond acceptors (Lipinski definition) is 4. The Morgan fingerprint density at radius 2 is 2.22 bits per heavy atom. The third-order valence-corrected chi connectivity index (χ3v) is 3.51. The summed E-state index contributed by atoms with van der Waals surface area (Å²) in [5.41, 5.74) is 1.69. The van der Waals surface area contributed by atoms with Crippen LogP contribution in [0.5, 0.6) is 0 Å². The summed E-state index contributed by atoms with van der Waals surface area (Å²) >= 11 is 0. The zero-order valence-corrected chi connectivity index (χ0v) is 13.7. The first-order valence-corrected chi connectivity index (χ1v) is 8.02. The van der Waals surface area contributed by atoms with E-state index in [1.807, 2.05) is 38.1 Å². The molecule has 1 saturated heterocycles. The third kappa shape index (κ3) is 6.00. The van der Waals surface area contributed by atoms with Gasteiger partial charge in [0.25, 0.3) is 0 Å². The summed E-state index contributed by atoms with van der Waals surface area (Å²) in [5.74, 6) is 0.256. The van der Waals surface area contributed by atoms with Gasteiger partial charge in [0.2, 0.25) is 11.8 Å². The van der Waals surface area contributed by atoms with E-state index in [2.05, 4.69) is 16.0 Å². The molecule has 0 aliphatic carbocycles. The van der Waals surface area contributed by atoms with Gasteiger partial charge in [-0.25, -0.2) is 0 Å². The Hall–Kier alpha value is -1.92. The van der Waals surface area contributed by atoms with Crippen LogP contribution in [-0.4, -0.2) is 37.6 Å². The number of carbonyl (C=O) groups excluding carboxylic acids is 2. The summed E-state index contributed by atoms with van der Waals surface area (Å²) < 4.78 is 5.28. The maximum absolute atomic E-state index is 12.0. The molecule has 6 heteroatoms. The van der Waals surface area contributed by atoms with Crippen LogP contribution in [0, 0.1) is 5.92 Å². The highest BCUT2D eigenvalue weighted by Gasteiger charge is 2.20. The van der Waals surface area contributed by atoms with E-state index in [1.54, 1.807) is 0 Å². The summed E-state index contributed by atoms with van der Waals surface area (Å²) in [5, 5.41) is 8.88. The second-order valence-electron chi connectivity index (χ2n) is 6.15. The van der Waals surface area contributed by atoms with E-state index in [-0.39, 0.29) is 17.9 Å². The van der Waals surface area contributed by atoms with Gasteiger partial charge in [-0.3, -0.25) is 9.59 Å². The van der Waals surface area contributed by atoms with Crippen molar-refractivity contribution in [3.8, 4) is 0 Å². The largest absolute Gasteiger partial charge is 0.378 e. The van der Waals surface area contributed by atoms with E-state index in [1.165, 1.54) is 0 Å². The highest BCUT2D eigenvalue weighted by molar-refractivity contribution is 5.90. The first kappa shape index (κ1) is 17.4. The van der Waals surface area contributed by atoms with E-state index in [4.69, 9.17) is 4.74 Å². The number of carbonyl (C=O) groups is 2. The number of morpholine rings is 1. The Bertz CT molecular complexity index is 540. The maximum Gasteiger partial charge on any atom is 0.239 e. The molecule has 0 aromatic heterocycles. The van der Waals surface area contributed by atoms with Gasteiger partial charge in [-0.2, -0.15) is 0 Å². The van der Waals surface area contributed by atoms with Crippen LogP contribution < -0.4 is 16.0 Å². The number of anilines is 1. The van der Waals surface area contributed by atoms with Crippen LogP contribution in [0.2, 0.25) is 0 Å². The zero-order valence-electron chi connectivity index (χ0n) is 13.7. The molecule has 3 N–H and O–H groups in total. The van der Waals surface area contributed by atoms with E-state index in [9.17, 15) is 9.59 Å². The second kappa shape index (κ2) is 8.64. The van der Waals surface area contributed by atoms with Crippen molar-refractivity contribution in [3.05, 3.63) is 29.8 Å². The monoisotopic (exact) mass is 319 g/mol. The highest BCUT2D eigenvalue weighted by atomic mass is 16.5. The molecule has 1 aromatic carbocycles. The lowest BCUT2D eigenvalue weighted by molar-refractivity contribution is -0.126. The smallest absolute Gasteiger partial charge is 0.239 e. The molecular formula is C17H25N3O3. The fourth-order valence-corrected chi connectivity index (χ4v) is 2.39. The molecule has 6 nitrogen and oxygen atoms in total. The van der Waals surface area contributed by atoms with Crippen molar-refractivity contribution in [2.75, 3.05) is 25.1 Å². The fraction of sp³-hybridized carbons (Fsp3) is 0.529. The topological polar surface area (TPSA) is 79.5 Å². The van der Waals surface area contributed by atoms with Crippen molar-refractivity contribution in [2.24, 2.45) is 5.92 Å². The normalized spacial score (nSPS) is 17.8. The Morgan fingerprint density at radius 1 is 1.39 bits per heavy atom. The summed E-state index contributed by atoms with van der Waals surface area (Å²) in [6, 6.07) is 7.22. The van der Waals surface area contributed by atoms with Crippen LogP contribution in [0.1, 0.15) is 25.8 Å². The molecule has 126 valence electrons. The fourth-order valence-electron chi connectivity index (χ4n) is 2.39. The number of ether oxygens (including phenoxy) is 1. The molecule has 0 spiro atoms. The Balaban J connectivity index is 1.84. The van der Waals surface area contributed by atoms with Crippen molar-refractivity contribution in [3.63, 3.8) is 0 Å². The Labute approximate surface area is 137 Å². The van der Waals surface area contributed by atoms with E-state index in [0.29, 0.717) is 38.6 Å². The minimum absolute atomic E-state index is 0.00439. The van der Waals surface area contributed by atoms with E-state index >= 15 is 0 Å². The molecule has 2 rings (SSSR count). The predicted octanol–water partition coefficient (Wildman–Crippen LogP) is 1.28. The van der Waals surface area contributed by atoms with Gasteiger partial charge in [0.1, 0.15) is 6.04 Å². The molecule has 23 heavy (non-hydrogen) atoms. The van der Waals surface area contributed by atoms with Crippen LogP contribution >= 0.6 is 0 Å². The Morgan fingerprint density at radius 3 is 2.91 bits per heavy atom. The van der Waals surface area contributed by atoms with Crippen LogP contribution in [0.15, 0.2) is 24.3 Å². The van der Waals surface area contributed by atoms with Crippen molar-refractivity contribution < 1.29 is 14.3 Å². The van der Waals surface area contributed by atoms with Gasteiger partial charge in [0.05, 0.1) is 13.2 Å². The second-order valence-corrected chi connectivity index (χ2v) is 6.15. The lowest BCUT2D eigenvalue weighted by Gasteiger charge is -2.22. The van der Waals surface area contributed by atoms with Crippen molar-refractivity contribution in [1.82, 2.24) is 10.6 Å². The average Bonchev–Trinajstić information content (AvgIpc) is 2.53. The molecule has 1 fully saturated rings. The number of benzene rings is 1. The lowest BCUT2D eigenvalue weighted by Crippen LogP contribution is -2.51. The molecule has 1 heterocycles. The number of rotatable bonds is 6. The first-order valence-electron chi connectivity index (χ1n) is 8.02. The minimum Gasteiger partial charge on any atom is -0.378 e. The first-order chi connectivity index (χ1) is 11.0. The van der Waals surface area contributed by atoms with Gasteiger partial charge in [0.15, 0.2) is 0 Å². The standard InChI is InChI=1S/C17H25N3O3/c1-12(2)8-16(21)20-14-5-3-4-13(9-14)10-19-17(22)15-11-23-7-6-18-15/h3-5,9,12,15,18H,6-8,10-11H2,1-2H3,(H,19,22)(H,20,21). The van der Waals surface area contributed by atoms with E-state index in [0.717, 1.165) is 11.3 Å². The third-order valence-electron chi connectivity index (χ3n) is 3.51. The van der Waals surface area contributed by atoms with E-state index < -0.39 is 0 Å². The predicted molar refractivity (Wildman–Crippen MR) is 89.0 cm³/mol. The van der Waals surface area contributed by atoms with Gasteiger partial charge >= 0.3 is 0 Å². The van der Waals surface area contributed by atoms with Crippen LogP contribution in [-0.2, 0) is 20.9 Å². The number of hydrogen-bond donors (Lipinski definition) is 3. The zero-order chi connectivity index (χ0) is 16.7. The molecule has 0 saturated carbocycles. The SMILES string of the molecule is CC(C)CC(=O)Nc1cccc(CNC(=O)C2COCCN2)c1. The quantitative estimate of drug-likeness (QED) is 0.738. The minimum atomic E-state index is -0.294. The summed E-state index contributed by atoms with van der Waals surface area (Å²) in [6.45, 7) is 6.17. The van der Waals surface area contributed by atoms with Gasteiger partial charge in [-0.1, -0.05) is 26.0 Å². The summed E-state index contributed by atoms with van der Waals surface area (Å²) in [7, 11) is 0. The molecule has 1 aromatic rings. The van der Waals surface area contributed by atoms with Crippen molar-refractivity contribution >= 4 is 17.5 Å². The van der Waals surface area contributed by atoms with Crippen LogP contribution in [0.3, 0.4) is 0 Å². The molecule has 1 aliphatic heterocycles. The maximum atomic E-state index is 12.0. The Kier molecular flexibility index (Phi) is 6.55.